The van der Waals surface area contributed by atoms with Crippen molar-refractivity contribution >= 4 is 0 Å². The van der Waals surface area contributed by atoms with Crippen molar-refractivity contribution in [2.45, 2.75) is 72.1 Å². The molecule has 0 aromatic carbocycles. The van der Waals surface area contributed by atoms with E-state index < -0.39 is 0 Å². The van der Waals surface area contributed by atoms with Crippen molar-refractivity contribution in [1.82, 2.24) is 0 Å². The Morgan fingerprint density at radius 2 is 2.00 bits per heavy atom. The maximum Gasteiger partial charge on any atom is -0.0315 e. The van der Waals surface area contributed by atoms with Crippen molar-refractivity contribution in [1.29, 1.82) is 0 Å². The maximum absolute atomic E-state index is 3.94. The quantitative estimate of drug-likeness (QED) is 0.301. The van der Waals surface area contributed by atoms with E-state index in [1.807, 2.05) is 6.08 Å². The van der Waals surface area contributed by atoms with Gasteiger partial charge in [-0.2, -0.15) is 0 Å². The summed E-state index contributed by atoms with van der Waals surface area (Å²) in [7, 11) is 0. The first-order valence-electron chi connectivity index (χ1n) is 9.03. The molecule has 0 radical (unpaired) electrons. The SMILES string of the molecule is C=C/C=C(\CC)CC[C@H](C)CC[C@@H]1[C@@H](CC=C)CC[C@H]1C. The zero-order valence-electron chi connectivity index (χ0n) is 14.6. The second-order valence-electron chi connectivity index (χ2n) is 7.14. The van der Waals surface area contributed by atoms with E-state index in [1.165, 1.54) is 51.4 Å². The zero-order valence-corrected chi connectivity index (χ0v) is 14.6. The number of rotatable bonds is 10. The summed E-state index contributed by atoms with van der Waals surface area (Å²) in [4.78, 5) is 0. The van der Waals surface area contributed by atoms with Gasteiger partial charge in [0.05, 0.1) is 0 Å². The molecular formula is C21H36. The van der Waals surface area contributed by atoms with Crippen LogP contribution in [0.5, 0.6) is 0 Å². The monoisotopic (exact) mass is 288 g/mol. The lowest BCUT2D eigenvalue weighted by molar-refractivity contribution is 0.279. The third-order valence-corrected chi connectivity index (χ3v) is 5.56. The van der Waals surface area contributed by atoms with Gasteiger partial charge in [-0.25, -0.2) is 0 Å². The van der Waals surface area contributed by atoms with E-state index in [2.05, 4.69) is 46.1 Å². The second-order valence-corrected chi connectivity index (χ2v) is 7.14. The van der Waals surface area contributed by atoms with E-state index in [0.29, 0.717) is 0 Å². The molecule has 0 bridgehead atoms. The topological polar surface area (TPSA) is 0 Å². The maximum atomic E-state index is 3.94. The molecule has 0 aromatic rings. The van der Waals surface area contributed by atoms with Crippen molar-refractivity contribution in [2.24, 2.45) is 23.7 Å². The molecule has 0 saturated heterocycles. The number of allylic oxidation sites excluding steroid dienone is 4. The largest absolute Gasteiger partial charge is 0.103 e. The van der Waals surface area contributed by atoms with Gasteiger partial charge in [-0.15, -0.1) is 6.58 Å². The van der Waals surface area contributed by atoms with Crippen LogP contribution in [0, 0.1) is 23.7 Å². The van der Waals surface area contributed by atoms with Crippen LogP contribution >= 0.6 is 0 Å². The summed E-state index contributed by atoms with van der Waals surface area (Å²) in [6.45, 7) is 14.9. The van der Waals surface area contributed by atoms with E-state index >= 15 is 0 Å². The van der Waals surface area contributed by atoms with Crippen molar-refractivity contribution in [3.8, 4) is 0 Å². The first-order chi connectivity index (χ1) is 10.1. The average Bonchev–Trinajstić information content (AvgIpc) is 2.82. The molecule has 0 unspecified atom stereocenters. The number of hydrogen-bond donors (Lipinski definition) is 0. The Kier molecular flexibility index (Phi) is 8.73. The molecule has 0 heterocycles. The molecule has 1 saturated carbocycles. The van der Waals surface area contributed by atoms with Crippen LogP contribution in [-0.2, 0) is 0 Å². The van der Waals surface area contributed by atoms with Gasteiger partial charge in [0.25, 0.3) is 0 Å². The lowest BCUT2D eigenvalue weighted by Crippen LogP contribution is -2.14. The molecule has 0 amide bonds. The highest BCUT2D eigenvalue weighted by atomic mass is 14.4. The van der Waals surface area contributed by atoms with E-state index in [-0.39, 0.29) is 0 Å². The fourth-order valence-corrected chi connectivity index (χ4v) is 3.99. The fourth-order valence-electron chi connectivity index (χ4n) is 3.99. The highest BCUT2D eigenvalue weighted by molar-refractivity contribution is 5.09. The van der Waals surface area contributed by atoms with Gasteiger partial charge in [0.15, 0.2) is 0 Å². The third kappa shape index (κ3) is 6.24. The Hall–Kier alpha value is -0.780. The molecule has 0 nitrogen and oxygen atoms in total. The Bertz CT molecular complexity index is 336. The van der Waals surface area contributed by atoms with E-state index in [9.17, 15) is 0 Å². The van der Waals surface area contributed by atoms with Gasteiger partial charge in [0.2, 0.25) is 0 Å². The van der Waals surface area contributed by atoms with Gasteiger partial charge < -0.3 is 0 Å². The van der Waals surface area contributed by atoms with Gasteiger partial charge >= 0.3 is 0 Å². The summed E-state index contributed by atoms with van der Waals surface area (Å²) < 4.78 is 0. The predicted octanol–water partition coefficient (Wildman–Crippen LogP) is 6.94. The van der Waals surface area contributed by atoms with Crippen LogP contribution in [0.3, 0.4) is 0 Å². The highest BCUT2D eigenvalue weighted by Gasteiger charge is 2.32. The van der Waals surface area contributed by atoms with Crippen LogP contribution in [0.2, 0.25) is 0 Å². The number of hydrogen-bond acceptors (Lipinski definition) is 0. The first kappa shape index (κ1) is 18.3. The standard InChI is InChI=1S/C21H36/c1-6-9-19(8-3)14-11-17(4)12-16-21-18(5)13-15-20(21)10-7-2/h6-7,9,17-18,20-21H,1-2,8,10-16H2,3-5H3/b19-9+/t17-,18+,20-,21-/m0/s1. The molecular weight excluding hydrogens is 252 g/mol. The Morgan fingerprint density at radius 3 is 2.62 bits per heavy atom. The second kappa shape index (κ2) is 10.0. The lowest BCUT2D eigenvalue weighted by atomic mass is 9.82. The fraction of sp³-hybridized carbons (Fsp3) is 0.714. The van der Waals surface area contributed by atoms with Crippen LogP contribution in [-0.4, -0.2) is 0 Å². The molecule has 0 heteroatoms. The van der Waals surface area contributed by atoms with Gasteiger partial charge in [-0.05, 0) is 62.2 Å². The van der Waals surface area contributed by atoms with Crippen molar-refractivity contribution < 1.29 is 0 Å². The smallest absolute Gasteiger partial charge is 0.0315 e. The molecule has 0 spiro atoms. The van der Waals surface area contributed by atoms with Crippen LogP contribution in [0.4, 0.5) is 0 Å². The summed E-state index contributed by atoms with van der Waals surface area (Å²) in [6, 6.07) is 0. The highest BCUT2D eigenvalue weighted by Crippen LogP contribution is 2.42. The van der Waals surface area contributed by atoms with Crippen molar-refractivity contribution in [3.63, 3.8) is 0 Å². The normalized spacial score (nSPS) is 27.6. The first-order valence-corrected chi connectivity index (χ1v) is 9.03. The molecule has 4 atom stereocenters. The Balaban J connectivity index is 2.34. The van der Waals surface area contributed by atoms with E-state index in [1.54, 1.807) is 5.57 Å². The van der Waals surface area contributed by atoms with Gasteiger partial charge in [-0.1, -0.05) is 64.0 Å². The molecule has 1 rings (SSSR count). The molecule has 0 N–H and O–H groups in total. The molecule has 21 heavy (non-hydrogen) atoms. The lowest BCUT2D eigenvalue weighted by Gasteiger charge is -2.24. The third-order valence-electron chi connectivity index (χ3n) is 5.56. The van der Waals surface area contributed by atoms with E-state index in [4.69, 9.17) is 0 Å². The van der Waals surface area contributed by atoms with Crippen molar-refractivity contribution in [3.05, 3.63) is 37.0 Å². The molecule has 1 aliphatic rings. The Morgan fingerprint density at radius 1 is 1.24 bits per heavy atom. The minimum absolute atomic E-state index is 0.849. The molecule has 1 aliphatic carbocycles. The van der Waals surface area contributed by atoms with E-state index in [0.717, 1.165) is 23.7 Å². The van der Waals surface area contributed by atoms with Crippen LogP contribution < -0.4 is 0 Å². The average molecular weight is 289 g/mol. The van der Waals surface area contributed by atoms with Crippen LogP contribution in [0.1, 0.15) is 72.1 Å². The predicted molar refractivity (Wildman–Crippen MR) is 96.4 cm³/mol. The minimum Gasteiger partial charge on any atom is -0.103 e. The van der Waals surface area contributed by atoms with Crippen LogP contribution in [0.15, 0.2) is 37.0 Å². The van der Waals surface area contributed by atoms with Crippen molar-refractivity contribution in [2.75, 3.05) is 0 Å². The molecule has 0 aliphatic heterocycles. The summed E-state index contributed by atoms with van der Waals surface area (Å²) in [5.41, 5.74) is 1.55. The zero-order chi connectivity index (χ0) is 15.7. The molecule has 0 aromatic heterocycles. The Labute approximate surface area is 133 Å². The minimum atomic E-state index is 0.849. The molecule has 120 valence electrons. The van der Waals surface area contributed by atoms with Gasteiger partial charge in [-0.3, -0.25) is 0 Å². The summed E-state index contributed by atoms with van der Waals surface area (Å²) in [6.07, 6.45) is 16.9. The molecule has 1 fully saturated rings. The summed E-state index contributed by atoms with van der Waals surface area (Å²) in [5, 5.41) is 0. The summed E-state index contributed by atoms with van der Waals surface area (Å²) >= 11 is 0. The van der Waals surface area contributed by atoms with Crippen LogP contribution in [0.25, 0.3) is 0 Å². The summed E-state index contributed by atoms with van der Waals surface area (Å²) in [5.74, 6) is 3.63. The van der Waals surface area contributed by atoms with Gasteiger partial charge in [0, 0.05) is 0 Å². The van der Waals surface area contributed by atoms with Gasteiger partial charge in [0.1, 0.15) is 0 Å².